The van der Waals surface area contributed by atoms with Gasteiger partial charge in [-0.05, 0) is 57.2 Å². The van der Waals surface area contributed by atoms with Gasteiger partial charge in [-0.1, -0.05) is 44.2 Å². The standard InChI is InChI=1S/C17H23NO4.C9H17NO2/c1-3-21-16(19)15-9-10-18(11-13(15)2)17(20)22-12-14-7-5-4-6-8-14;1-3-12-9(11)8-4-5-10-6-7(8)2/h4-8,13,15H,3,9-12H2,1-2H3;7-8,10H,3-6H2,1-2H3/t13-,15+;7-,8+/m00/s1. The summed E-state index contributed by atoms with van der Waals surface area (Å²) in [6, 6.07) is 9.59. The zero-order valence-corrected chi connectivity index (χ0v) is 21.0. The zero-order valence-electron chi connectivity index (χ0n) is 21.0. The van der Waals surface area contributed by atoms with E-state index in [-0.39, 0.29) is 42.4 Å². The molecule has 2 saturated heterocycles. The Morgan fingerprint density at radius 3 is 2.09 bits per heavy atom. The summed E-state index contributed by atoms with van der Waals surface area (Å²) in [5.41, 5.74) is 0.963. The highest BCUT2D eigenvalue weighted by Crippen LogP contribution is 2.25. The second kappa shape index (κ2) is 14.6. The van der Waals surface area contributed by atoms with Crippen molar-refractivity contribution < 1.29 is 28.6 Å². The molecule has 2 fully saturated rings. The quantitative estimate of drug-likeness (QED) is 0.495. The number of ether oxygens (including phenoxy) is 3. The van der Waals surface area contributed by atoms with Gasteiger partial charge in [-0.15, -0.1) is 0 Å². The molecule has 3 rings (SSSR count). The number of carbonyl (C=O) groups is 3. The van der Waals surface area contributed by atoms with Crippen LogP contribution in [0.4, 0.5) is 4.79 Å². The highest BCUT2D eigenvalue weighted by Gasteiger charge is 2.34. The van der Waals surface area contributed by atoms with Crippen molar-refractivity contribution in [3.63, 3.8) is 0 Å². The summed E-state index contributed by atoms with van der Waals surface area (Å²) in [6.07, 6.45) is 1.22. The van der Waals surface area contributed by atoms with Crippen LogP contribution in [0, 0.1) is 23.7 Å². The number of likely N-dealkylation sites (tertiary alicyclic amines) is 1. The molecule has 1 aromatic rings. The average molecular weight is 477 g/mol. The van der Waals surface area contributed by atoms with Crippen LogP contribution in [0.1, 0.15) is 46.1 Å². The fourth-order valence-corrected chi connectivity index (χ4v) is 4.33. The molecule has 0 saturated carbocycles. The van der Waals surface area contributed by atoms with Crippen LogP contribution in [0.15, 0.2) is 30.3 Å². The third kappa shape index (κ3) is 8.63. The smallest absolute Gasteiger partial charge is 0.410 e. The first-order valence-corrected chi connectivity index (χ1v) is 12.4. The number of hydrogen-bond acceptors (Lipinski definition) is 7. The minimum Gasteiger partial charge on any atom is -0.466 e. The van der Waals surface area contributed by atoms with Crippen LogP contribution < -0.4 is 5.32 Å². The van der Waals surface area contributed by atoms with E-state index in [1.165, 1.54) is 0 Å². The number of carbonyl (C=O) groups excluding carboxylic acids is 3. The monoisotopic (exact) mass is 476 g/mol. The first kappa shape index (κ1) is 27.6. The molecule has 0 unspecified atom stereocenters. The van der Waals surface area contributed by atoms with E-state index in [0.717, 1.165) is 25.1 Å². The van der Waals surface area contributed by atoms with Gasteiger partial charge in [0, 0.05) is 13.1 Å². The number of nitrogens with zero attached hydrogens (tertiary/aromatic N) is 1. The fraction of sp³-hybridized carbons (Fsp3) is 0.654. The van der Waals surface area contributed by atoms with Gasteiger partial charge in [0.2, 0.25) is 0 Å². The maximum absolute atomic E-state index is 12.1. The van der Waals surface area contributed by atoms with E-state index < -0.39 is 0 Å². The van der Waals surface area contributed by atoms with Gasteiger partial charge in [0.25, 0.3) is 0 Å². The van der Waals surface area contributed by atoms with Crippen molar-refractivity contribution in [2.24, 2.45) is 23.7 Å². The Kier molecular flexibility index (Phi) is 11.9. The summed E-state index contributed by atoms with van der Waals surface area (Å²) in [4.78, 5) is 37.0. The largest absolute Gasteiger partial charge is 0.466 e. The Balaban J connectivity index is 0.000000287. The molecule has 0 spiro atoms. The number of piperidine rings is 2. The first-order valence-electron chi connectivity index (χ1n) is 12.4. The number of esters is 2. The highest BCUT2D eigenvalue weighted by molar-refractivity contribution is 5.74. The van der Waals surface area contributed by atoms with E-state index in [1.807, 2.05) is 44.2 Å². The van der Waals surface area contributed by atoms with E-state index in [0.29, 0.717) is 38.6 Å². The maximum Gasteiger partial charge on any atom is 0.410 e. The summed E-state index contributed by atoms with van der Waals surface area (Å²) in [5.74, 6) is 0.304. The highest BCUT2D eigenvalue weighted by atomic mass is 16.6. The van der Waals surface area contributed by atoms with E-state index >= 15 is 0 Å². The predicted octanol–water partition coefficient (Wildman–Crippen LogP) is 3.64. The lowest BCUT2D eigenvalue weighted by Crippen LogP contribution is -2.45. The molecule has 1 aromatic carbocycles. The van der Waals surface area contributed by atoms with Crippen molar-refractivity contribution in [3.8, 4) is 0 Å². The second-order valence-corrected chi connectivity index (χ2v) is 8.94. The number of amides is 1. The molecule has 1 N–H and O–H groups in total. The maximum atomic E-state index is 12.1. The summed E-state index contributed by atoms with van der Waals surface area (Å²) in [5, 5.41) is 3.25. The van der Waals surface area contributed by atoms with E-state index in [2.05, 4.69) is 12.2 Å². The normalized spacial score (nSPS) is 24.3. The third-order valence-electron chi connectivity index (χ3n) is 6.33. The molecule has 0 aromatic heterocycles. The SMILES string of the molecule is CCOC(=O)[C@@H]1CCN(C(=O)OCc2ccccc2)C[C@@H]1C.CCOC(=O)[C@@H]1CCNC[C@@H]1C. The fourth-order valence-electron chi connectivity index (χ4n) is 4.33. The molecular weight excluding hydrogens is 436 g/mol. The van der Waals surface area contributed by atoms with Gasteiger partial charge in [-0.2, -0.15) is 0 Å². The Hall–Kier alpha value is -2.61. The van der Waals surface area contributed by atoms with Crippen molar-refractivity contribution in [1.29, 1.82) is 0 Å². The van der Waals surface area contributed by atoms with Gasteiger partial charge in [0.1, 0.15) is 6.61 Å². The number of rotatable bonds is 6. The Morgan fingerprint density at radius 1 is 0.912 bits per heavy atom. The number of benzene rings is 1. The molecule has 2 aliphatic heterocycles. The van der Waals surface area contributed by atoms with Crippen LogP contribution in [0.25, 0.3) is 0 Å². The minimum atomic E-state index is -0.321. The topological polar surface area (TPSA) is 94.2 Å². The van der Waals surface area contributed by atoms with Crippen LogP contribution in [-0.4, -0.2) is 62.3 Å². The van der Waals surface area contributed by atoms with Crippen molar-refractivity contribution in [3.05, 3.63) is 35.9 Å². The molecular formula is C26H40N2O6. The Morgan fingerprint density at radius 2 is 1.53 bits per heavy atom. The molecule has 8 nitrogen and oxygen atoms in total. The van der Waals surface area contributed by atoms with E-state index in [1.54, 1.807) is 11.8 Å². The lowest BCUT2D eigenvalue weighted by Gasteiger charge is -2.34. The van der Waals surface area contributed by atoms with Crippen molar-refractivity contribution >= 4 is 18.0 Å². The van der Waals surface area contributed by atoms with E-state index in [9.17, 15) is 14.4 Å². The lowest BCUT2D eigenvalue weighted by atomic mass is 9.87. The molecule has 8 heteroatoms. The predicted molar refractivity (Wildman–Crippen MR) is 129 cm³/mol. The van der Waals surface area contributed by atoms with Gasteiger partial charge < -0.3 is 24.4 Å². The third-order valence-corrected chi connectivity index (χ3v) is 6.33. The van der Waals surface area contributed by atoms with E-state index in [4.69, 9.17) is 14.2 Å². The van der Waals surface area contributed by atoms with Crippen LogP contribution in [0.5, 0.6) is 0 Å². The van der Waals surface area contributed by atoms with Crippen LogP contribution in [0.3, 0.4) is 0 Å². The molecule has 0 aliphatic carbocycles. The van der Waals surface area contributed by atoms with Crippen LogP contribution >= 0.6 is 0 Å². The van der Waals surface area contributed by atoms with Crippen molar-refractivity contribution in [1.82, 2.24) is 10.2 Å². The molecule has 34 heavy (non-hydrogen) atoms. The summed E-state index contributed by atoms with van der Waals surface area (Å²) in [6.45, 7) is 11.8. The lowest BCUT2D eigenvalue weighted by molar-refractivity contribution is -0.152. The van der Waals surface area contributed by atoms with Gasteiger partial charge in [-0.25, -0.2) is 4.79 Å². The van der Waals surface area contributed by atoms with Gasteiger partial charge in [-0.3, -0.25) is 9.59 Å². The number of nitrogens with one attached hydrogen (secondary N) is 1. The van der Waals surface area contributed by atoms with Gasteiger partial charge in [0.05, 0.1) is 25.0 Å². The summed E-state index contributed by atoms with van der Waals surface area (Å²) in [7, 11) is 0. The zero-order chi connectivity index (χ0) is 24.9. The van der Waals surface area contributed by atoms with Gasteiger partial charge >= 0.3 is 18.0 Å². The van der Waals surface area contributed by atoms with Crippen molar-refractivity contribution in [2.75, 3.05) is 39.4 Å². The Bertz CT molecular complexity index is 772. The van der Waals surface area contributed by atoms with Crippen molar-refractivity contribution in [2.45, 2.75) is 47.1 Å². The second-order valence-electron chi connectivity index (χ2n) is 8.94. The molecule has 1 amide bonds. The average Bonchev–Trinajstić information content (AvgIpc) is 2.84. The molecule has 0 radical (unpaired) electrons. The first-order chi connectivity index (χ1) is 16.4. The molecule has 2 heterocycles. The summed E-state index contributed by atoms with van der Waals surface area (Å²) < 4.78 is 15.4. The summed E-state index contributed by atoms with van der Waals surface area (Å²) >= 11 is 0. The van der Waals surface area contributed by atoms with Gasteiger partial charge in [0.15, 0.2) is 0 Å². The van der Waals surface area contributed by atoms with Crippen LogP contribution in [-0.2, 0) is 30.4 Å². The number of hydrogen-bond donors (Lipinski definition) is 1. The minimum absolute atomic E-state index is 0.0218. The Labute approximate surface area is 203 Å². The van der Waals surface area contributed by atoms with Crippen LogP contribution in [0.2, 0.25) is 0 Å². The molecule has 190 valence electrons. The molecule has 4 atom stereocenters. The molecule has 2 aliphatic rings. The molecule has 0 bridgehead atoms.